The SMILES string of the molecule is Cc1nn(C)c(Cl)c1S(=O)(=O)Nc1ccc(Cl)c(C(F)(F)F)c1. The van der Waals surface area contributed by atoms with Crippen molar-refractivity contribution in [1.82, 2.24) is 9.78 Å². The minimum atomic E-state index is -4.71. The van der Waals surface area contributed by atoms with Crippen LogP contribution >= 0.6 is 23.2 Å². The van der Waals surface area contributed by atoms with Gasteiger partial charge in [0.15, 0.2) is 0 Å². The number of benzene rings is 1. The molecule has 1 heterocycles. The van der Waals surface area contributed by atoms with E-state index in [1.54, 1.807) is 0 Å². The molecular formula is C12H10Cl2F3N3O2S. The van der Waals surface area contributed by atoms with Gasteiger partial charge in [0.25, 0.3) is 10.0 Å². The molecule has 11 heteroatoms. The summed E-state index contributed by atoms with van der Waals surface area (Å²) in [5.74, 6) is 0. The number of hydrogen-bond donors (Lipinski definition) is 1. The predicted molar refractivity (Wildman–Crippen MR) is 80.2 cm³/mol. The van der Waals surface area contributed by atoms with Gasteiger partial charge in [-0.05, 0) is 25.1 Å². The monoisotopic (exact) mass is 387 g/mol. The van der Waals surface area contributed by atoms with E-state index in [0.29, 0.717) is 6.07 Å². The fourth-order valence-electron chi connectivity index (χ4n) is 1.93. The molecule has 2 aromatic rings. The normalized spacial score (nSPS) is 12.5. The Kier molecular flexibility index (Phi) is 4.57. The Balaban J connectivity index is 2.46. The number of hydrogen-bond acceptors (Lipinski definition) is 3. The van der Waals surface area contributed by atoms with Crippen molar-refractivity contribution in [2.45, 2.75) is 18.0 Å². The lowest BCUT2D eigenvalue weighted by Gasteiger charge is -2.12. The van der Waals surface area contributed by atoms with Crippen LogP contribution in [0.2, 0.25) is 10.2 Å². The molecule has 0 spiro atoms. The molecule has 1 N–H and O–H groups in total. The van der Waals surface area contributed by atoms with Crippen LogP contribution in [0, 0.1) is 6.92 Å². The van der Waals surface area contributed by atoms with Gasteiger partial charge in [0, 0.05) is 12.7 Å². The van der Waals surface area contributed by atoms with Crippen LogP contribution in [0.5, 0.6) is 0 Å². The minimum absolute atomic E-state index is 0.120. The van der Waals surface area contributed by atoms with Crippen LogP contribution in [0.4, 0.5) is 18.9 Å². The summed E-state index contributed by atoms with van der Waals surface area (Å²) >= 11 is 11.4. The Morgan fingerprint density at radius 1 is 1.26 bits per heavy atom. The molecule has 23 heavy (non-hydrogen) atoms. The Bertz CT molecular complexity index is 863. The van der Waals surface area contributed by atoms with Gasteiger partial charge >= 0.3 is 6.18 Å². The lowest BCUT2D eigenvalue weighted by atomic mass is 10.2. The molecule has 0 saturated carbocycles. The Morgan fingerprint density at radius 3 is 2.35 bits per heavy atom. The van der Waals surface area contributed by atoms with E-state index in [1.807, 2.05) is 4.72 Å². The Morgan fingerprint density at radius 2 is 1.87 bits per heavy atom. The predicted octanol–water partition coefficient (Wildman–Crippen LogP) is 3.85. The molecule has 1 aromatic heterocycles. The zero-order chi connectivity index (χ0) is 17.6. The van der Waals surface area contributed by atoms with Gasteiger partial charge in [-0.15, -0.1) is 0 Å². The summed E-state index contributed by atoms with van der Waals surface area (Å²) in [5.41, 5.74) is -1.32. The standard InChI is InChI=1S/C12H10Cl2F3N3O2S/c1-6-10(11(14)20(2)18-6)23(21,22)19-7-3-4-9(13)8(5-7)12(15,16)17/h3-5,19H,1-2H3. The van der Waals surface area contributed by atoms with Gasteiger partial charge in [-0.25, -0.2) is 8.42 Å². The van der Waals surface area contributed by atoms with Gasteiger partial charge in [0.05, 0.1) is 16.3 Å². The fourth-order valence-corrected chi connectivity index (χ4v) is 3.95. The van der Waals surface area contributed by atoms with E-state index in [4.69, 9.17) is 23.2 Å². The molecule has 126 valence electrons. The maximum absolute atomic E-state index is 12.8. The first-order chi connectivity index (χ1) is 10.4. The van der Waals surface area contributed by atoms with Crippen LogP contribution in [-0.2, 0) is 23.2 Å². The third kappa shape index (κ3) is 3.56. The van der Waals surface area contributed by atoms with Crippen molar-refractivity contribution in [1.29, 1.82) is 0 Å². The van der Waals surface area contributed by atoms with Gasteiger partial charge in [0.1, 0.15) is 10.0 Å². The van der Waals surface area contributed by atoms with Crippen molar-refractivity contribution in [3.8, 4) is 0 Å². The summed E-state index contributed by atoms with van der Waals surface area (Å²) in [5, 5.41) is 3.17. The Hall–Kier alpha value is -1.45. The third-order valence-electron chi connectivity index (χ3n) is 2.89. The van der Waals surface area contributed by atoms with Gasteiger partial charge in [0.2, 0.25) is 0 Å². The van der Waals surface area contributed by atoms with Crippen molar-refractivity contribution in [3.05, 3.63) is 39.6 Å². The number of sulfonamides is 1. The van der Waals surface area contributed by atoms with Crippen LogP contribution in [0.3, 0.4) is 0 Å². The summed E-state index contributed by atoms with van der Waals surface area (Å²) < 4.78 is 66.3. The number of aryl methyl sites for hydroxylation is 2. The molecule has 2 rings (SSSR count). The zero-order valence-electron chi connectivity index (χ0n) is 11.7. The van der Waals surface area contributed by atoms with Gasteiger partial charge in [-0.3, -0.25) is 9.40 Å². The summed E-state index contributed by atoms with van der Waals surface area (Å²) in [6.07, 6.45) is -4.71. The summed E-state index contributed by atoms with van der Waals surface area (Å²) in [6.45, 7) is 1.42. The van der Waals surface area contributed by atoms with E-state index in [2.05, 4.69) is 5.10 Å². The second-order valence-electron chi connectivity index (χ2n) is 4.63. The maximum Gasteiger partial charge on any atom is 0.417 e. The van der Waals surface area contributed by atoms with E-state index in [-0.39, 0.29) is 21.4 Å². The number of halogens is 5. The van der Waals surface area contributed by atoms with Crippen LogP contribution in [-0.4, -0.2) is 18.2 Å². The highest BCUT2D eigenvalue weighted by Crippen LogP contribution is 2.37. The van der Waals surface area contributed by atoms with E-state index < -0.39 is 26.8 Å². The zero-order valence-corrected chi connectivity index (χ0v) is 14.1. The average Bonchev–Trinajstić information content (AvgIpc) is 2.64. The van der Waals surface area contributed by atoms with Crippen molar-refractivity contribution in [2.75, 3.05) is 4.72 Å². The van der Waals surface area contributed by atoms with Crippen molar-refractivity contribution >= 4 is 38.9 Å². The molecule has 0 amide bonds. The minimum Gasteiger partial charge on any atom is -0.279 e. The van der Waals surface area contributed by atoms with Crippen molar-refractivity contribution in [3.63, 3.8) is 0 Å². The molecule has 0 saturated heterocycles. The second kappa shape index (κ2) is 5.88. The summed E-state index contributed by atoms with van der Waals surface area (Å²) in [6, 6.07) is 2.69. The number of aromatic nitrogens is 2. The van der Waals surface area contributed by atoms with E-state index in [0.717, 1.165) is 16.8 Å². The summed E-state index contributed by atoms with van der Waals surface area (Å²) in [4.78, 5) is -0.301. The molecule has 0 aliphatic carbocycles. The molecule has 1 aromatic carbocycles. The molecule has 0 bridgehead atoms. The maximum atomic E-state index is 12.8. The van der Waals surface area contributed by atoms with Crippen LogP contribution in [0.1, 0.15) is 11.3 Å². The average molecular weight is 388 g/mol. The highest BCUT2D eigenvalue weighted by molar-refractivity contribution is 7.92. The summed E-state index contributed by atoms with van der Waals surface area (Å²) in [7, 11) is -2.76. The number of nitrogens with zero attached hydrogens (tertiary/aromatic N) is 2. The van der Waals surface area contributed by atoms with Gasteiger partial charge in [-0.1, -0.05) is 23.2 Å². The van der Waals surface area contributed by atoms with Gasteiger partial charge < -0.3 is 0 Å². The van der Waals surface area contributed by atoms with E-state index >= 15 is 0 Å². The molecule has 0 atom stereocenters. The number of alkyl halides is 3. The smallest absolute Gasteiger partial charge is 0.279 e. The van der Waals surface area contributed by atoms with Crippen molar-refractivity contribution in [2.24, 2.45) is 7.05 Å². The van der Waals surface area contributed by atoms with E-state index in [1.165, 1.54) is 14.0 Å². The quantitative estimate of drug-likeness (QED) is 0.869. The molecule has 0 fully saturated rings. The molecular weight excluding hydrogens is 378 g/mol. The van der Waals surface area contributed by atoms with Crippen molar-refractivity contribution < 1.29 is 21.6 Å². The topological polar surface area (TPSA) is 64.0 Å². The molecule has 5 nitrogen and oxygen atoms in total. The molecule has 0 radical (unpaired) electrons. The van der Waals surface area contributed by atoms with Gasteiger partial charge in [-0.2, -0.15) is 18.3 Å². The first kappa shape index (κ1) is 17.9. The Labute approximate surface area is 140 Å². The highest BCUT2D eigenvalue weighted by atomic mass is 35.5. The lowest BCUT2D eigenvalue weighted by molar-refractivity contribution is -0.137. The highest BCUT2D eigenvalue weighted by Gasteiger charge is 2.34. The fraction of sp³-hybridized carbons (Fsp3) is 0.250. The first-order valence-electron chi connectivity index (χ1n) is 6.02. The number of nitrogens with one attached hydrogen (secondary N) is 1. The molecule has 0 aliphatic rings. The molecule has 0 unspecified atom stereocenters. The molecule has 0 aliphatic heterocycles. The van der Waals surface area contributed by atoms with Crippen LogP contribution in [0.25, 0.3) is 0 Å². The second-order valence-corrected chi connectivity index (χ2v) is 7.01. The third-order valence-corrected chi connectivity index (χ3v) is 5.30. The number of anilines is 1. The van der Waals surface area contributed by atoms with Crippen LogP contribution in [0.15, 0.2) is 23.1 Å². The first-order valence-corrected chi connectivity index (χ1v) is 8.26. The number of rotatable bonds is 3. The lowest BCUT2D eigenvalue weighted by Crippen LogP contribution is -2.15. The van der Waals surface area contributed by atoms with Crippen LogP contribution < -0.4 is 4.72 Å². The van der Waals surface area contributed by atoms with E-state index in [9.17, 15) is 21.6 Å². The largest absolute Gasteiger partial charge is 0.417 e.